The van der Waals surface area contributed by atoms with Gasteiger partial charge in [-0.1, -0.05) is 6.07 Å². The summed E-state index contributed by atoms with van der Waals surface area (Å²) >= 11 is 1.74. The zero-order valence-corrected chi connectivity index (χ0v) is 13.3. The summed E-state index contributed by atoms with van der Waals surface area (Å²) in [6, 6.07) is 4.22. The molecule has 4 nitrogen and oxygen atoms in total. The number of nitrogens with one attached hydrogen (secondary N) is 1. The predicted octanol–water partition coefficient (Wildman–Crippen LogP) is 2.79. The number of methoxy groups -OCH3 is 1. The minimum Gasteiger partial charge on any atom is -0.383 e. The Morgan fingerprint density at radius 1 is 1.30 bits per heavy atom. The van der Waals surface area contributed by atoms with Crippen molar-refractivity contribution in [1.82, 2.24) is 15.3 Å². The molecular weight excluding hydrogens is 270 g/mol. The van der Waals surface area contributed by atoms with E-state index < -0.39 is 0 Å². The highest BCUT2D eigenvalue weighted by atomic mass is 32.1. The van der Waals surface area contributed by atoms with Crippen LogP contribution in [0.3, 0.4) is 0 Å². The monoisotopic (exact) mass is 291 g/mol. The minimum absolute atomic E-state index is 0.0793. The molecule has 20 heavy (non-hydrogen) atoms. The second-order valence-electron chi connectivity index (χ2n) is 4.81. The van der Waals surface area contributed by atoms with E-state index in [1.807, 2.05) is 19.2 Å². The van der Waals surface area contributed by atoms with Crippen LogP contribution in [0.5, 0.6) is 0 Å². The molecule has 1 atom stereocenters. The molecule has 2 heterocycles. The van der Waals surface area contributed by atoms with Crippen LogP contribution in [0.2, 0.25) is 0 Å². The molecule has 0 aliphatic carbocycles. The number of rotatable bonds is 6. The lowest BCUT2D eigenvalue weighted by Gasteiger charge is -2.16. The predicted molar refractivity (Wildman–Crippen MR) is 82.3 cm³/mol. The first-order chi connectivity index (χ1) is 9.61. The lowest BCUT2D eigenvalue weighted by molar-refractivity contribution is 0.197. The molecule has 0 bridgehead atoms. The summed E-state index contributed by atoms with van der Waals surface area (Å²) in [6.45, 7) is 7.62. The quantitative estimate of drug-likeness (QED) is 0.831. The van der Waals surface area contributed by atoms with Crippen molar-refractivity contribution in [1.29, 1.82) is 0 Å². The summed E-state index contributed by atoms with van der Waals surface area (Å²) in [7, 11) is 1.71. The van der Waals surface area contributed by atoms with Gasteiger partial charge in [-0.3, -0.25) is 4.98 Å². The average molecular weight is 291 g/mol. The minimum atomic E-state index is 0.0793. The Hall–Kier alpha value is -1.30. The molecule has 0 aromatic carbocycles. The van der Waals surface area contributed by atoms with Crippen molar-refractivity contribution in [2.45, 2.75) is 26.8 Å². The van der Waals surface area contributed by atoms with E-state index in [0.717, 1.165) is 28.5 Å². The largest absolute Gasteiger partial charge is 0.383 e. The van der Waals surface area contributed by atoms with Gasteiger partial charge in [-0.15, -0.1) is 11.3 Å². The molecule has 108 valence electrons. The van der Waals surface area contributed by atoms with Crippen molar-refractivity contribution < 1.29 is 4.74 Å². The van der Waals surface area contributed by atoms with E-state index in [4.69, 9.17) is 4.74 Å². The molecule has 2 aromatic rings. The molecule has 2 rings (SSSR count). The molecule has 0 radical (unpaired) electrons. The first-order valence-electron chi connectivity index (χ1n) is 6.70. The van der Waals surface area contributed by atoms with Crippen molar-refractivity contribution >= 4 is 11.3 Å². The van der Waals surface area contributed by atoms with E-state index in [1.165, 1.54) is 4.88 Å². The maximum Gasteiger partial charge on any atom is 0.115 e. The molecule has 0 spiro atoms. The van der Waals surface area contributed by atoms with Crippen molar-refractivity contribution in [2.75, 3.05) is 20.3 Å². The Morgan fingerprint density at radius 2 is 2.10 bits per heavy atom. The van der Waals surface area contributed by atoms with Crippen molar-refractivity contribution in [3.63, 3.8) is 0 Å². The van der Waals surface area contributed by atoms with Crippen LogP contribution >= 0.6 is 11.3 Å². The molecule has 0 saturated heterocycles. The standard InChI is InChI=1S/C15H21N3OS/c1-10-5-6-13(9-17-10)14(16-7-8-19-4)15-18-11(2)12(3)20-15/h5-6,9,14,16H,7-8H2,1-4H3. The molecule has 0 amide bonds. The number of aromatic nitrogens is 2. The maximum absolute atomic E-state index is 5.12. The summed E-state index contributed by atoms with van der Waals surface area (Å²) in [5, 5.41) is 4.58. The second kappa shape index (κ2) is 6.92. The van der Waals surface area contributed by atoms with E-state index in [2.05, 4.69) is 35.2 Å². The van der Waals surface area contributed by atoms with E-state index in [0.29, 0.717) is 6.61 Å². The zero-order valence-electron chi connectivity index (χ0n) is 12.4. The lowest BCUT2D eigenvalue weighted by Crippen LogP contribution is -2.26. The molecule has 0 aliphatic heterocycles. The Kier molecular flexibility index (Phi) is 5.23. The Bertz CT molecular complexity index is 531. The van der Waals surface area contributed by atoms with Crippen molar-refractivity contribution in [3.05, 3.63) is 45.2 Å². The molecule has 2 aromatic heterocycles. The fourth-order valence-electron chi connectivity index (χ4n) is 1.92. The van der Waals surface area contributed by atoms with Crippen LogP contribution in [-0.2, 0) is 4.74 Å². The van der Waals surface area contributed by atoms with Gasteiger partial charge in [-0.25, -0.2) is 4.98 Å². The molecular formula is C15H21N3OS. The summed E-state index contributed by atoms with van der Waals surface area (Å²) in [4.78, 5) is 10.3. The molecule has 1 unspecified atom stereocenters. The van der Waals surface area contributed by atoms with Crippen LogP contribution in [0.1, 0.15) is 32.9 Å². The number of aryl methyl sites for hydroxylation is 3. The van der Waals surface area contributed by atoms with E-state index >= 15 is 0 Å². The van der Waals surface area contributed by atoms with E-state index in [1.54, 1.807) is 18.4 Å². The fourth-order valence-corrected chi connectivity index (χ4v) is 2.95. The third-order valence-electron chi connectivity index (χ3n) is 3.21. The Balaban J connectivity index is 2.26. The summed E-state index contributed by atoms with van der Waals surface area (Å²) < 4.78 is 5.12. The van der Waals surface area contributed by atoms with Gasteiger partial charge in [-0.2, -0.15) is 0 Å². The summed E-state index contributed by atoms with van der Waals surface area (Å²) in [6.07, 6.45) is 1.92. The number of pyridine rings is 1. The molecule has 0 aliphatic rings. The zero-order chi connectivity index (χ0) is 14.5. The lowest BCUT2D eigenvalue weighted by atomic mass is 10.1. The highest BCUT2D eigenvalue weighted by Crippen LogP contribution is 2.27. The van der Waals surface area contributed by atoms with Gasteiger partial charge >= 0.3 is 0 Å². The number of nitrogens with zero attached hydrogens (tertiary/aromatic N) is 2. The summed E-state index contributed by atoms with van der Waals surface area (Å²) in [5.74, 6) is 0. The first-order valence-corrected chi connectivity index (χ1v) is 7.52. The third kappa shape index (κ3) is 3.62. The van der Waals surface area contributed by atoms with Crippen LogP contribution < -0.4 is 5.32 Å². The maximum atomic E-state index is 5.12. The van der Waals surface area contributed by atoms with E-state index in [9.17, 15) is 0 Å². The van der Waals surface area contributed by atoms with Gasteiger partial charge in [0.1, 0.15) is 5.01 Å². The first kappa shape index (κ1) is 15.1. The van der Waals surface area contributed by atoms with Crippen molar-refractivity contribution in [2.24, 2.45) is 0 Å². The Labute approximate surface area is 124 Å². The van der Waals surface area contributed by atoms with Gasteiger partial charge in [0.15, 0.2) is 0 Å². The van der Waals surface area contributed by atoms with E-state index in [-0.39, 0.29) is 6.04 Å². The number of ether oxygens (including phenoxy) is 1. The van der Waals surface area contributed by atoms with Crippen LogP contribution in [-0.4, -0.2) is 30.2 Å². The fraction of sp³-hybridized carbons (Fsp3) is 0.467. The smallest absolute Gasteiger partial charge is 0.115 e. The van der Waals surface area contributed by atoms with Crippen LogP contribution in [0.4, 0.5) is 0 Å². The molecule has 5 heteroatoms. The van der Waals surface area contributed by atoms with Gasteiger partial charge in [0, 0.05) is 30.4 Å². The van der Waals surface area contributed by atoms with Crippen LogP contribution in [0.15, 0.2) is 18.3 Å². The van der Waals surface area contributed by atoms with Crippen LogP contribution in [0.25, 0.3) is 0 Å². The highest BCUT2D eigenvalue weighted by molar-refractivity contribution is 7.11. The topological polar surface area (TPSA) is 47.0 Å². The molecule has 0 fully saturated rings. The third-order valence-corrected chi connectivity index (χ3v) is 4.35. The van der Waals surface area contributed by atoms with Gasteiger partial charge in [-0.05, 0) is 32.4 Å². The molecule has 1 N–H and O–H groups in total. The number of hydrogen-bond donors (Lipinski definition) is 1. The van der Waals surface area contributed by atoms with Gasteiger partial charge in [0.05, 0.1) is 18.3 Å². The normalized spacial score (nSPS) is 12.6. The Morgan fingerprint density at radius 3 is 2.65 bits per heavy atom. The average Bonchev–Trinajstić information content (AvgIpc) is 2.76. The summed E-state index contributed by atoms with van der Waals surface area (Å²) in [5.41, 5.74) is 3.26. The highest BCUT2D eigenvalue weighted by Gasteiger charge is 2.18. The van der Waals surface area contributed by atoms with Crippen LogP contribution in [0, 0.1) is 20.8 Å². The van der Waals surface area contributed by atoms with Gasteiger partial charge in [0.25, 0.3) is 0 Å². The SMILES string of the molecule is COCCNC(c1ccc(C)nc1)c1nc(C)c(C)s1. The van der Waals surface area contributed by atoms with Crippen molar-refractivity contribution in [3.8, 4) is 0 Å². The number of hydrogen-bond acceptors (Lipinski definition) is 5. The van der Waals surface area contributed by atoms with Gasteiger partial charge < -0.3 is 10.1 Å². The second-order valence-corrected chi connectivity index (χ2v) is 6.04. The molecule has 0 saturated carbocycles. The van der Waals surface area contributed by atoms with Gasteiger partial charge in [0.2, 0.25) is 0 Å². The number of thiazole rings is 1.